The van der Waals surface area contributed by atoms with Gasteiger partial charge in [-0.25, -0.2) is 16.6 Å². The van der Waals surface area contributed by atoms with Gasteiger partial charge in [0.05, 0.1) is 21.2 Å². The summed E-state index contributed by atoms with van der Waals surface area (Å²) in [6.07, 6.45) is 3.30. The van der Waals surface area contributed by atoms with E-state index in [0.29, 0.717) is 16.0 Å². The minimum atomic E-state index is -3.73. The van der Waals surface area contributed by atoms with E-state index < -0.39 is 20.8 Å². The Morgan fingerprint density at radius 2 is 1.52 bits per heavy atom. The topological polar surface area (TPSA) is 56.1 Å². The van der Waals surface area contributed by atoms with Gasteiger partial charge in [0.15, 0.2) is 0 Å². The fourth-order valence-electron chi connectivity index (χ4n) is 3.10. The zero-order chi connectivity index (χ0) is 20.4. The Bertz CT molecular complexity index is 1320. The monoisotopic (exact) mass is 421 g/mol. The third-order valence-corrected chi connectivity index (χ3v) is 7.44. The number of hydrogen-bond acceptors (Lipinski definition) is 3. The van der Waals surface area contributed by atoms with Gasteiger partial charge in [-0.15, -0.1) is 0 Å². The van der Waals surface area contributed by atoms with Crippen LogP contribution < -0.4 is 0 Å². The second-order valence-electron chi connectivity index (χ2n) is 6.63. The average Bonchev–Trinajstić information content (AvgIpc) is 3.13. The molecule has 3 aromatic carbocycles. The van der Waals surface area contributed by atoms with Gasteiger partial charge in [0.2, 0.25) is 0 Å². The first kappa shape index (κ1) is 19.4. The predicted molar refractivity (Wildman–Crippen MR) is 118 cm³/mol. The molecule has 4 nitrogen and oxygen atoms in total. The maximum atomic E-state index is 13.1. The van der Waals surface area contributed by atoms with Crippen molar-refractivity contribution in [1.29, 1.82) is 0 Å². The van der Waals surface area contributed by atoms with Crippen LogP contribution in [0.5, 0.6) is 0 Å². The van der Waals surface area contributed by atoms with Crippen LogP contribution in [0.25, 0.3) is 17.0 Å². The second-order valence-corrected chi connectivity index (χ2v) is 9.78. The summed E-state index contributed by atoms with van der Waals surface area (Å²) in [7, 11) is -5.06. The number of hydrogen-bond donors (Lipinski definition) is 0. The van der Waals surface area contributed by atoms with Crippen LogP contribution in [0.1, 0.15) is 11.1 Å². The molecule has 0 N–H and O–H groups in total. The van der Waals surface area contributed by atoms with E-state index in [2.05, 4.69) is 0 Å². The lowest BCUT2D eigenvalue weighted by Crippen LogP contribution is -2.11. The quantitative estimate of drug-likeness (QED) is 0.457. The molecule has 0 spiro atoms. The molecule has 0 saturated carbocycles. The summed E-state index contributed by atoms with van der Waals surface area (Å²) in [6, 6.07) is 23.1. The Morgan fingerprint density at radius 3 is 2.24 bits per heavy atom. The molecule has 0 amide bonds. The van der Waals surface area contributed by atoms with E-state index in [9.17, 15) is 12.6 Å². The van der Waals surface area contributed by atoms with Gasteiger partial charge in [-0.3, -0.25) is 0 Å². The van der Waals surface area contributed by atoms with Crippen molar-refractivity contribution in [2.24, 2.45) is 0 Å². The lowest BCUT2D eigenvalue weighted by atomic mass is 10.2. The average molecular weight is 422 g/mol. The van der Waals surface area contributed by atoms with Crippen LogP contribution in [-0.4, -0.2) is 16.6 Å². The first-order valence-corrected chi connectivity index (χ1v) is 11.7. The molecular weight excluding hydrogens is 402 g/mol. The molecule has 4 aromatic rings. The Hall–Kier alpha value is -2.96. The van der Waals surface area contributed by atoms with E-state index in [0.717, 1.165) is 10.9 Å². The van der Waals surface area contributed by atoms with Crippen LogP contribution in [0.4, 0.5) is 0 Å². The molecule has 146 valence electrons. The predicted octanol–water partition coefficient (Wildman–Crippen LogP) is 4.97. The van der Waals surface area contributed by atoms with Gasteiger partial charge in [-0.1, -0.05) is 54.1 Å². The number of fused-ring (bicyclic) bond motifs is 1. The lowest BCUT2D eigenvalue weighted by Gasteiger charge is -2.07. The third-order valence-electron chi connectivity index (χ3n) is 4.63. The molecule has 0 radical (unpaired) electrons. The molecular formula is C23H19NO3S2. The van der Waals surface area contributed by atoms with Crippen LogP contribution in [-0.2, 0) is 20.8 Å². The highest BCUT2D eigenvalue weighted by atomic mass is 32.2. The number of benzene rings is 3. The van der Waals surface area contributed by atoms with Crippen LogP contribution in [0.2, 0.25) is 0 Å². The van der Waals surface area contributed by atoms with E-state index in [1.54, 1.807) is 60.1 Å². The maximum Gasteiger partial charge on any atom is 0.268 e. The van der Waals surface area contributed by atoms with Crippen molar-refractivity contribution in [3.8, 4) is 0 Å². The van der Waals surface area contributed by atoms with Crippen molar-refractivity contribution >= 4 is 37.8 Å². The normalized spacial score (nSPS) is 13.1. The van der Waals surface area contributed by atoms with Crippen molar-refractivity contribution < 1.29 is 12.6 Å². The SMILES string of the molecule is Cc1ccc([S@@](=O)/C=C/c2cn(S(=O)(=O)c3ccccc3)c3ccccc23)cc1. The molecule has 1 atom stereocenters. The maximum absolute atomic E-state index is 13.1. The molecule has 0 unspecified atom stereocenters. The standard InChI is InChI=1S/C23H19NO3S2/c1-18-11-13-20(14-12-18)28(25)16-15-19-17-24(23-10-6-5-9-22(19)23)29(26,27)21-7-3-2-4-8-21/h2-17H,1H3/b16-15+/t28-/m0/s1. The molecule has 1 heterocycles. The minimum Gasteiger partial charge on any atom is -0.250 e. The molecule has 6 heteroatoms. The summed E-state index contributed by atoms with van der Waals surface area (Å²) in [5.41, 5.74) is 2.38. The number of aryl methyl sites for hydroxylation is 1. The van der Waals surface area contributed by atoms with E-state index in [-0.39, 0.29) is 4.90 Å². The van der Waals surface area contributed by atoms with Gasteiger partial charge >= 0.3 is 0 Å². The van der Waals surface area contributed by atoms with Gasteiger partial charge in [-0.05, 0) is 43.3 Å². The summed E-state index contributed by atoms with van der Waals surface area (Å²) in [4.78, 5) is 0.923. The smallest absolute Gasteiger partial charge is 0.250 e. The van der Waals surface area contributed by atoms with Crippen LogP contribution in [0, 0.1) is 6.92 Å². The van der Waals surface area contributed by atoms with E-state index in [1.807, 2.05) is 43.3 Å². The summed E-state index contributed by atoms with van der Waals surface area (Å²) in [5, 5.41) is 2.37. The highest BCUT2D eigenvalue weighted by Crippen LogP contribution is 2.27. The van der Waals surface area contributed by atoms with Crippen molar-refractivity contribution in [3.63, 3.8) is 0 Å². The molecule has 0 fully saturated rings. The van der Waals surface area contributed by atoms with Gasteiger partial charge < -0.3 is 0 Å². The fourth-order valence-corrected chi connectivity index (χ4v) is 5.33. The van der Waals surface area contributed by atoms with Crippen molar-refractivity contribution in [1.82, 2.24) is 3.97 Å². The highest BCUT2D eigenvalue weighted by Gasteiger charge is 2.20. The van der Waals surface area contributed by atoms with Gasteiger partial charge in [0, 0.05) is 27.5 Å². The van der Waals surface area contributed by atoms with Crippen LogP contribution >= 0.6 is 0 Å². The third kappa shape index (κ3) is 3.81. The molecule has 0 aliphatic carbocycles. The summed E-state index contributed by atoms with van der Waals surface area (Å²) in [6.45, 7) is 1.98. The van der Waals surface area contributed by atoms with Crippen molar-refractivity contribution in [2.75, 3.05) is 0 Å². The van der Waals surface area contributed by atoms with E-state index >= 15 is 0 Å². The molecule has 0 bridgehead atoms. The number of nitrogens with zero attached hydrogens (tertiary/aromatic N) is 1. The minimum absolute atomic E-state index is 0.222. The van der Waals surface area contributed by atoms with Gasteiger partial charge in [0.1, 0.15) is 0 Å². The van der Waals surface area contributed by atoms with E-state index in [4.69, 9.17) is 0 Å². The summed E-state index contributed by atoms with van der Waals surface area (Å²) in [5.74, 6) is 0. The van der Waals surface area contributed by atoms with Gasteiger partial charge in [0.25, 0.3) is 10.0 Å². The first-order valence-electron chi connectivity index (χ1n) is 9.03. The Kier molecular flexibility index (Phi) is 5.22. The number of rotatable bonds is 5. The fraction of sp³-hybridized carbons (Fsp3) is 0.0435. The summed E-state index contributed by atoms with van der Waals surface area (Å²) >= 11 is 0. The molecule has 1 aromatic heterocycles. The number of para-hydroxylation sites is 1. The van der Waals surface area contributed by atoms with Crippen LogP contribution in [0.3, 0.4) is 0 Å². The Morgan fingerprint density at radius 1 is 0.862 bits per heavy atom. The lowest BCUT2D eigenvalue weighted by molar-refractivity contribution is 0.589. The highest BCUT2D eigenvalue weighted by molar-refractivity contribution is 7.90. The molecule has 4 rings (SSSR count). The van der Waals surface area contributed by atoms with Crippen molar-refractivity contribution in [2.45, 2.75) is 16.7 Å². The molecule has 0 saturated heterocycles. The van der Waals surface area contributed by atoms with E-state index in [1.165, 1.54) is 3.97 Å². The molecule has 29 heavy (non-hydrogen) atoms. The largest absolute Gasteiger partial charge is 0.268 e. The zero-order valence-electron chi connectivity index (χ0n) is 15.7. The van der Waals surface area contributed by atoms with Crippen molar-refractivity contribution in [3.05, 3.63) is 102 Å². The number of aromatic nitrogens is 1. The van der Waals surface area contributed by atoms with Crippen LogP contribution in [0.15, 0.2) is 100 Å². The summed E-state index contributed by atoms with van der Waals surface area (Å²) < 4.78 is 40.1. The molecule has 0 aliphatic rings. The molecule has 0 aliphatic heterocycles. The Labute approximate surface area is 172 Å². The second kappa shape index (κ2) is 7.81. The van der Waals surface area contributed by atoms with Gasteiger partial charge in [-0.2, -0.15) is 0 Å². The Balaban J connectivity index is 1.77. The first-order chi connectivity index (χ1) is 14.0. The zero-order valence-corrected chi connectivity index (χ0v) is 17.4.